The van der Waals surface area contributed by atoms with E-state index in [-0.39, 0.29) is 26.3 Å². The average molecular weight is 373 g/mol. The van der Waals surface area contributed by atoms with Crippen LogP contribution in [0, 0.1) is 5.82 Å². The van der Waals surface area contributed by atoms with Crippen molar-refractivity contribution in [3.8, 4) is 5.69 Å². The molecule has 0 atom stereocenters. The van der Waals surface area contributed by atoms with Gasteiger partial charge in [-0.05, 0) is 23.7 Å². The third kappa shape index (κ3) is 2.65. The van der Waals surface area contributed by atoms with Crippen molar-refractivity contribution in [1.82, 2.24) is 13.5 Å². The van der Waals surface area contributed by atoms with Crippen LogP contribution in [0.4, 0.5) is 17.6 Å². The van der Waals surface area contributed by atoms with E-state index >= 15 is 0 Å². The van der Waals surface area contributed by atoms with E-state index in [0.717, 1.165) is 30.7 Å². The maximum Gasteiger partial charge on any atom is 0.431 e. The Morgan fingerprint density at radius 3 is 2.48 bits per heavy atom. The number of hydrogen-bond acceptors (Lipinski definition) is 5. The van der Waals surface area contributed by atoms with Crippen LogP contribution in [-0.4, -0.2) is 19.8 Å². The van der Waals surface area contributed by atoms with Crippen LogP contribution >= 0.6 is 11.5 Å². The van der Waals surface area contributed by atoms with Crippen LogP contribution in [0.1, 0.15) is 16.2 Å². The molecule has 3 rings (SSSR count). The monoisotopic (exact) mass is 373 g/mol. The zero-order chi connectivity index (χ0) is 18.5. The first-order valence-corrected chi connectivity index (χ1v) is 7.37. The van der Waals surface area contributed by atoms with Gasteiger partial charge in [0.1, 0.15) is 17.2 Å². The summed E-state index contributed by atoms with van der Waals surface area (Å²) >= 11 is 0.833. The molecule has 0 bridgehead atoms. The van der Waals surface area contributed by atoms with Gasteiger partial charge >= 0.3 is 11.9 Å². The molecule has 0 aliphatic carbocycles. The molecule has 0 radical (unpaired) electrons. The van der Waals surface area contributed by atoms with Crippen LogP contribution in [0.3, 0.4) is 0 Å². The van der Waals surface area contributed by atoms with Gasteiger partial charge in [0, 0.05) is 18.5 Å². The van der Waals surface area contributed by atoms with Gasteiger partial charge in [0.15, 0.2) is 6.29 Å². The van der Waals surface area contributed by atoms with E-state index in [2.05, 4.69) is 4.37 Å². The van der Waals surface area contributed by atoms with Gasteiger partial charge < -0.3 is 0 Å². The van der Waals surface area contributed by atoms with Gasteiger partial charge in [0.2, 0.25) is 0 Å². The Hall–Kier alpha value is -2.82. The molecular formula is C14H7F4N3O3S. The molecule has 1 aromatic carbocycles. The zero-order valence-corrected chi connectivity index (χ0v) is 13.1. The molecule has 0 fully saturated rings. The van der Waals surface area contributed by atoms with Gasteiger partial charge in [-0.15, -0.1) is 0 Å². The second kappa shape index (κ2) is 5.62. The fourth-order valence-electron chi connectivity index (χ4n) is 2.34. The second-order valence-electron chi connectivity index (χ2n) is 5.03. The Bertz CT molecular complexity index is 1130. The van der Waals surface area contributed by atoms with Crippen LogP contribution in [0.5, 0.6) is 0 Å². The number of alkyl halides is 3. The number of nitrogens with zero attached hydrogens (tertiary/aromatic N) is 3. The highest BCUT2D eigenvalue weighted by atomic mass is 32.1. The number of aldehydes is 1. The van der Waals surface area contributed by atoms with Crippen molar-refractivity contribution < 1.29 is 22.4 Å². The predicted molar refractivity (Wildman–Crippen MR) is 80.8 cm³/mol. The normalized spacial score (nSPS) is 11.9. The van der Waals surface area contributed by atoms with E-state index in [1.165, 1.54) is 0 Å². The van der Waals surface area contributed by atoms with Crippen LogP contribution in [0.25, 0.3) is 15.8 Å². The molecule has 0 spiro atoms. The lowest BCUT2D eigenvalue weighted by atomic mass is 10.2. The number of rotatable bonds is 2. The Kier molecular flexibility index (Phi) is 3.82. The zero-order valence-electron chi connectivity index (χ0n) is 12.3. The van der Waals surface area contributed by atoms with Gasteiger partial charge in [0.05, 0.1) is 10.4 Å². The fourth-order valence-corrected chi connectivity index (χ4v) is 3.10. The van der Waals surface area contributed by atoms with E-state index in [4.69, 9.17) is 0 Å². The van der Waals surface area contributed by atoms with Crippen molar-refractivity contribution >= 4 is 27.9 Å². The maximum absolute atomic E-state index is 14.3. The summed E-state index contributed by atoms with van der Waals surface area (Å²) in [7, 11) is 0.820. The quantitative estimate of drug-likeness (QED) is 0.510. The van der Waals surface area contributed by atoms with Crippen molar-refractivity contribution in [1.29, 1.82) is 0 Å². The summed E-state index contributed by atoms with van der Waals surface area (Å²) in [6, 6.07) is 2.20. The molecule has 0 aliphatic heterocycles. The number of carbonyl (C=O) groups excluding carboxylic acids is 1. The first-order valence-electron chi connectivity index (χ1n) is 6.60. The number of halogens is 4. The lowest BCUT2D eigenvalue weighted by molar-refractivity contribution is -0.144. The summed E-state index contributed by atoms with van der Waals surface area (Å²) in [5, 5.41) is 0.185. The van der Waals surface area contributed by atoms with Gasteiger partial charge in [-0.1, -0.05) is 0 Å². The van der Waals surface area contributed by atoms with Crippen LogP contribution in [0.2, 0.25) is 0 Å². The molecule has 0 N–H and O–H groups in total. The summed E-state index contributed by atoms with van der Waals surface area (Å²) in [6.07, 6.45) is -4.51. The molecule has 2 heterocycles. The van der Waals surface area contributed by atoms with E-state index < -0.39 is 34.6 Å². The lowest BCUT2D eigenvalue weighted by Crippen LogP contribution is -2.41. The highest BCUT2D eigenvalue weighted by Crippen LogP contribution is 2.28. The summed E-state index contributed by atoms with van der Waals surface area (Å²) in [6.45, 7) is 0. The van der Waals surface area contributed by atoms with Crippen molar-refractivity contribution in [3.63, 3.8) is 0 Å². The molecule has 0 amide bonds. The average Bonchev–Trinajstić information content (AvgIpc) is 2.91. The molecule has 25 heavy (non-hydrogen) atoms. The summed E-state index contributed by atoms with van der Waals surface area (Å²) in [4.78, 5) is 35.2. The third-order valence-corrected chi connectivity index (χ3v) is 4.35. The van der Waals surface area contributed by atoms with Crippen molar-refractivity contribution in [2.45, 2.75) is 6.18 Å². The first-order chi connectivity index (χ1) is 11.6. The summed E-state index contributed by atoms with van der Waals surface area (Å²) < 4.78 is 57.4. The Balaban J connectivity index is 2.38. The van der Waals surface area contributed by atoms with Crippen molar-refractivity contribution in [2.24, 2.45) is 7.05 Å². The molecule has 0 unspecified atom stereocenters. The first kappa shape index (κ1) is 17.0. The molecule has 2 aromatic heterocycles. The minimum absolute atomic E-state index is 0.0296. The Labute approximate surface area is 139 Å². The second-order valence-corrected chi connectivity index (χ2v) is 5.83. The Morgan fingerprint density at radius 1 is 1.20 bits per heavy atom. The third-order valence-electron chi connectivity index (χ3n) is 3.53. The predicted octanol–water partition coefficient (Wildman–Crippen LogP) is 2.12. The minimum atomic E-state index is -4.92. The molecule has 0 aliphatic rings. The maximum atomic E-state index is 14.3. The summed E-state index contributed by atoms with van der Waals surface area (Å²) in [5.74, 6) is -1.01. The van der Waals surface area contributed by atoms with E-state index in [9.17, 15) is 31.9 Å². The standard InChI is InChI=1S/C14H7F4N3O3S/c1-20-11(14(16,17)18)4-12(23)21(13(20)24)9-2-6-8(5-22)19-25-10(6)3-7(9)15/h2-5H,1H3. The van der Waals surface area contributed by atoms with Crippen molar-refractivity contribution in [2.75, 3.05) is 0 Å². The minimum Gasteiger partial charge on any atom is -0.296 e. The van der Waals surface area contributed by atoms with E-state index in [1.54, 1.807) is 0 Å². The molecule has 0 saturated heterocycles. The van der Waals surface area contributed by atoms with E-state index in [0.29, 0.717) is 11.0 Å². The number of hydrogen-bond donors (Lipinski definition) is 0. The Morgan fingerprint density at radius 2 is 1.88 bits per heavy atom. The van der Waals surface area contributed by atoms with Crippen LogP contribution in [-0.2, 0) is 13.2 Å². The van der Waals surface area contributed by atoms with Crippen LogP contribution < -0.4 is 11.2 Å². The largest absolute Gasteiger partial charge is 0.431 e. The topological polar surface area (TPSA) is 74.0 Å². The number of carbonyl (C=O) groups is 1. The van der Waals surface area contributed by atoms with E-state index in [1.807, 2.05) is 0 Å². The van der Waals surface area contributed by atoms with Gasteiger partial charge in [-0.25, -0.2) is 13.8 Å². The van der Waals surface area contributed by atoms with Gasteiger partial charge in [0.25, 0.3) is 5.56 Å². The number of benzene rings is 1. The fraction of sp³-hybridized carbons (Fsp3) is 0.143. The van der Waals surface area contributed by atoms with Gasteiger partial charge in [-0.2, -0.15) is 17.5 Å². The molecule has 6 nitrogen and oxygen atoms in total. The highest BCUT2D eigenvalue weighted by Gasteiger charge is 2.35. The van der Waals surface area contributed by atoms with Crippen LogP contribution in [0.15, 0.2) is 27.8 Å². The lowest BCUT2D eigenvalue weighted by Gasteiger charge is -2.14. The molecule has 0 saturated carbocycles. The molecule has 11 heteroatoms. The SMILES string of the molecule is Cn1c(C(F)(F)F)cc(=O)n(-c2cc3c(C=O)nsc3cc2F)c1=O. The molecule has 130 valence electrons. The smallest absolute Gasteiger partial charge is 0.296 e. The highest BCUT2D eigenvalue weighted by molar-refractivity contribution is 7.13. The number of fused-ring (bicyclic) bond motifs is 1. The van der Waals surface area contributed by atoms with Crippen molar-refractivity contribution in [3.05, 3.63) is 56.2 Å². The summed E-state index contributed by atoms with van der Waals surface area (Å²) in [5.41, 5.74) is -4.75. The molecular weight excluding hydrogens is 366 g/mol. The van der Waals surface area contributed by atoms with Gasteiger partial charge in [-0.3, -0.25) is 14.2 Å². The molecule has 3 aromatic rings. The number of aromatic nitrogens is 3.